The van der Waals surface area contributed by atoms with Crippen molar-refractivity contribution >= 4 is 22.3 Å². The Hall–Kier alpha value is -2.49. The summed E-state index contributed by atoms with van der Waals surface area (Å²) in [6, 6.07) is 3.02. The van der Waals surface area contributed by atoms with E-state index in [1.807, 2.05) is 0 Å². The summed E-state index contributed by atoms with van der Waals surface area (Å²) in [5.74, 6) is -1.42. The summed E-state index contributed by atoms with van der Waals surface area (Å²) in [4.78, 5) is 11.8. The summed E-state index contributed by atoms with van der Waals surface area (Å²) in [5.41, 5.74) is -1.79. The molecular formula is C12H4F4N2O3S. The Bertz CT molecular complexity index is 932. The van der Waals surface area contributed by atoms with E-state index < -0.39 is 38.9 Å². The second kappa shape index (κ2) is 4.77. The first kappa shape index (κ1) is 14.4. The van der Waals surface area contributed by atoms with Gasteiger partial charge in [-0.15, -0.1) is 10.2 Å². The average molecular weight is 332 g/mol. The number of halogens is 4. The first-order valence-corrected chi connectivity index (χ1v) is 6.45. The first-order chi connectivity index (χ1) is 10.3. The van der Waals surface area contributed by atoms with E-state index in [1.54, 1.807) is 0 Å². The maximum absolute atomic E-state index is 13.2. The first-order valence-electron chi connectivity index (χ1n) is 5.64. The lowest BCUT2D eigenvalue weighted by Gasteiger charge is -2.03. The fraction of sp³-hybridized carbons (Fsp3) is 0.0833. The van der Waals surface area contributed by atoms with Crippen LogP contribution >= 0.6 is 11.3 Å². The molecule has 2 heterocycles. The summed E-state index contributed by atoms with van der Waals surface area (Å²) < 4.78 is 55.6. The predicted molar refractivity (Wildman–Crippen MR) is 68.0 cm³/mol. The van der Waals surface area contributed by atoms with E-state index in [0.717, 1.165) is 18.2 Å². The summed E-state index contributed by atoms with van der Waals surface area (Å²) in [6.45, 7) is 0. The zero-order valence-corrected chi connectivity index (χ0v) is 11.1. The lowest BCUT2D eigenvalue weighted by atomic mass is 10.1. The third-order valence-corrected chi connectivity index (χ3v) is 3.71. The number of hydrogen-bond acceptors (Lipinski definition) is 6. The molecule has 1 N–H and O–H groups in total. The minimum Gasteiger partial charge on any atom is -0.506 e. The van der Waals surface area contributed by atoms with Gasteiger partial charge in [-0.3, -0.25) is 0 Å². The van der Waals surface area contributed by atoms with Crippen LogP contribution in [0.5, 0.6) is 5.75 Å². The molecule has 114 valence electrons. The number of alkyl halides is 3. The molecule has 10 heteroatoms. The molecule has 0 atom stereocenters. The monoisotopic (exact) mass is 332 g/mol. The molecule has 0 saturated carbocycles. The number of benzene rings is 1. The Morgan fingerprint density at radius 1 is 1.23 bits per heavy atom. The molecule has 0 aliphatic heterocycles. The maximum atomic E-state index is 13.2. The SMILES string of the molecule is O=c1oc2ccc(F)cc2c(O)c1-c1nnc(C(F)(F)F)s1. The largest absolute Gasteiger partial charge is 0.506 e. The standard InChI is InChI=1S/C12H4F4N2O3S/c13-4-1-2-6-5(3-4)8(19)7(10(20)21-6)9-17-18-11(22-9)12(14,15)16/h1-3,19H. The van der Waals surface area contributed by atoms with E-state index in [-0.39, 0.29) is 22.3 Å². The number of hydrogen-bond donors (Lipinski definition) is 1. The van der Waals surface area contributed by atoms with Gasteiger partial charge in [0.15, 0.2) is 5.01 Å². The molecule has 0 fully saturated rings. The van der Waals surface area contributed by atoms with Crippen molar-refractivity contribution in [3.8, 4) is 16.3 Å². The molecule has 22 heavy (non-hydrogen) atoms. The van der Waals surface area contributed by atoms with Gasteiger partial charge in [0.25, 0.3) is 0 Å². The summed E-state index contributed by atoms with van der Waals surface area (Å²) in [7, 11) is 0. The number of aromatic nitrogens is 2. The van der Waals surface area contributed by atoms with Gasteiger partial charge in [0.1, 0.15) is 22.7 Å². The van der Waals surface area contributed by atoms with Crippen molar-refractivity contribution in [1.82, 2.24) is 10.2 Å². The van der Waals surface area contributed by atoms with Gasteiger partial charge in [0.05, 0.1) is 5.39 Å². The quantitative estimate of drug-likeness (QED) is 0.547. The predicted octanol–water partition coefficient (Wildman–Crippen LogP) is 3.18. The normalized spacial score (nSPS) is 12.0. The second-order valence-electron chi connectivity index (χ2n) is 4.16. The van der Waals surface area contributed by atoms with Crippen LogP contribution in [-0.2, 0) is 6.18 Å². The Kier molecular flexibility index (Phi) is 3.13. The van der Waals surface area contributed by atoms with Crippen molar-refractivity contribution in [3.63, 3.8) is 0 Å². The molecule has 0 saturated heterocycles. The van der Waals surface area contributed by atoms with Crippen LogP contribution in [0.4, 0.5) is 17.6 Å². The van der Waals surface area contributed by atoms with Crippen LogP contribution in [0.2, 0.25) is 0 Å². The van der Waals surface area contributed by atoms with E-state index >= 15 is 0 Å². The van der Waals surface area contributed by atoms with Crippen molar-refractivity contribution in [2.45, 2.75) is 6.18 Å². The molecule has 0 radical (unpaired) electrons. The van der Waals surface area contributed by atoms with E-state index in [0.29, 0.717) is 0 Å². The maximum Gasteiger partial charge on any atom is 0.445 e. The molecule has 0 spiro atoms. The van der Waals surface area contributed by atoms with Gasteiger partial charge in [0.2, 0.25) is 5.01 Å². The van der Waals surface area contributed by atoms with E-state index in [4.69, 9.17) is 4.42 Å². The lowest BCUT2D eigenvalue weighted by molar-refractivity contribution is -0.138. The average Bonchev–Trinajstić information content (AvgIpc) is 2.89. The Balaban J connectivity index is 2.27. The minimum atomic E-state index is -4.73. The van der Waals surface area contributed by atoms with Crippen LogP contribution in [0.25, 0.3) is 21.5 Å². The smallest absolute Gasteiger partial charge is 0.445 e. The highest BCUT2D eigenvalue weighted by Crippen LogP contribution is 2.38. The number of fused-ring (bicyclic) bond motifs is 1. The highest BCUT2D eigenvalue weighted by Gasteiger charge is 2.36. The van der Waals surface area contributed by atoms with Crippen molar-refractivity contribution in [3.05, 3.63) is 39.4 Å². The van der Waals surface area contributed by atoms with Crippen LogP contribution in [-0.4, -0.2) is 15.3 Å². The fourth-order valence-corrected chi connectivity index (χ4v) is 2.53. The summed E-state index contributed by atoms with van der Waals surface area (Å²) in [6.07, 6.45) is -4.73. The summed E-state index contributed by atoms with van der Waals surface area (Å²) >= 11 is 0.0730. The highest BCUT2D eigenvalue weighted by atomic mass is 32.1. The molecule has 3 rings (SSSR count). The van der Waals surface area contributed by atoms with Crippen molar-refractivity contribution in [2.75, 3.05) is 0 Å². The summed E-state index contributed by atoms with van der Waals surface area (Å²) in [5, 5.41) is 14.3. The van der Waals surface area contributed by atoms with E-state index in [1.165, 1.54) is 0 Å². The molecule has 0 aliphatic rings. The Morgan fingerprint density at radius 2 is 1.95 bits per heavy atom. The van der Waals surface area contributed by atoms with Gasteiger partial charge < -0.3 is 9.52 Å². The van der Waals surface area contributed by atoms with E-state index in [2.05, 4.69) is 10.2 Å². The highest BCUT2D eigenvalue weighted by molar-refractivity contribution is 7.14. The molecule has 0 amide bonds. The van der Waals surface area contributed by atoms with Crippen molar-refractivity contribution in [1.29, 1.82) is 0 Å². The number of nitrogens with zero attached hydrogens (tertiary/aromatic N) is 2. The number of rotatable bonds is 1. The number of aromatic hydroxyl groups is 1. The van der Waals surface area contributed by atoms with Crippen LogP contribution < -0.4 is 5.63 Å². The zero-order chi connectivity index (χ0) is 16.1. The van der Waals surface area contributed by atoms with Gasteiger partial charge in [-0.25, -0.2) is 9.18 Å². The Labute approximate surface area is 122 Å². The van der Waals surface area contributed by atoms with Gasteiger partial charge in [0, 0.05) is 0 Å². The van der Waals surface area contributed by atoms with Gasteiger partial charge >= 0.3 is 11.8 Å². The Morgan fingerprint density at radius 3 is 2.59 bits per heavy atom. The topological polar surface area (TPSA) is 76.2 Å². The van der Waals surface area contributed by atoms with Gasteiger partial charge in [-0.1, -0.05) is 11.3 Å². The van der Waals surface area contributed by atoms with Crippen LogP contribution in [0.15, 0.2) is 27.4 Å². The molecule has 1 aromatic carbocycles. The van der Waals surface area contributed by atoms with Crippen LogP contribution in [0.3, 0.4) is 0 Å². The van der Waals surface area contributed by atoms with Crippen molar-refractivity contribution < 1.29 is 27.1 Å². The molecule has 0 aliphatic carbocycles. The van der Waals surface area contributed by atoms with Crippen LogP contribution in [0.1, 0.15) is 5.01 Å². The molecule has 5 nitrogen and oxygen atoms in total. The van der Waals surface area contributed by atoms with Gasteiger partial charge in [-0.05, 0) is 18.2 Å². The van der Waals surface area contributed by atoms with Crippen LogP contribution in [0, 0.1) is 5.82 Å². The molecule has 3 aromatic rings. The molecule has 0 bridgehead atoms. The third kappa shape index (κ3) is 2.30. The molecular weight excluding hydrogens is 328 g/mol. The zero-order valence-electron chi connectivity index (χ0n) is 10.3. The second-order valence-corrected chi connectivity index (χ2v) is 5.14. The minimum absolute atomic E-state index is 0.0730. The van der Waals surface area contributed by atoms with Gasteiger partial charge in [-0.2, -0.15) is 13.2 Å². The van der Waals surface area contributed by atoms with E-state index in [9.17, 15) is 27.5 Å². The lowest BCUT2D eigenvalue weighted by Crippen LogP contribution is -2.03. The van der Waals surface area contributed by atoms with Crippen molar-refractivity contribution in [2.24, 2.45) is 0 Å². The fourth-order valence-electron chi connectivity index (χ4n) is 1.79. The third-order valence-electron chi connectivity index (χ3n) is 2.72. The molecule has 0 unspecified atom stereocenters. The molecule has 2 aromatic heterocycles.